The van der Waals surface area contributed by atoms with E-state index in [1.54, 1.807) is 0 Å². The first kappa shape index (κ1) is 16.9. The summed E-state index contributed by atoms with van der Waals surface area (Å²) in [4.78, 5) is 0. The van der Waals surface area contributed by atoms with Crippen molar-refractivity contribution in [2.24, 2.45) is 11.1 Å². The smallest absolute Gasteiger partial charge is 0.0775 e. The van der Waals surface area contributed by atoms with Gasteiger partial charge in [-0.05, 0) is 46.1 Å². The topological polar surface area (TPSA) is 47.3 Å². The van der Waals surface area contributed by atoms with Crippen molar-refractivity contribution in [3.63, 3.8) is 0 Å². The fourth-order valence-electron chi connectivity index (χ4n) is 1.53. The van der Waals surface area contributed by atoms with E-state index in [2.05, 4.69) is 46.9 Å². The van der Waals surface area contributed by atoms with Gasteiger partial charge in [-0.1, -0.05) is 20.8 Å². The Labute approximate surface area is 107 Å². The molecule has 0 saturated heterocycles. The highest BCUT2D eigenvalue weighted by Crippen LogP contribution is 2.32. The van der Waals surface area contributed by atoms with Crippen LogP contribution >= 0.6 is 0 Å². The summed E-state index contributed by atoms with van der Waals surface area (Å²) < 4.78 is 6.03. The number of nitrogens with one attached hydrogen (secondary N) is 1. The third-order valence-electron chi connectivity index (χ3n) is 4.22. The van der Waals surface area contributed by atoms with Crippen LogP contribution in [0.5, 0.6) is 0 Å². The highest BCUT2D eigenvalue weighted by molar-refractivity contribution is 4.90. The molecule has 0 aliphatic rings. The van der Waals surface area contributed by atoms with E-state index < -0.39 is 0 Å². The molecule has 3 heteroatoms. The molecule has 3 N–H and O–H groups in total. The van der Waals surface area contributed by atoms with Gasteiger partial charge in [0.05, 0.1) is 5.60 Å². The zero-order valence-corrected chi connectivity index (χ0v) is 12.8. The fraction of sp³-hybridized carbons (Fsp3) is 1.00. The molecule has 0 aromatic rings. The minimum absolute atomic E-state index is 0.0659. The summed E-state index contributed by atoms with van der Waals surface area (Å²) in [5, 5.41) is 3.19. The van der Waals surface area contributed by atoms with E-state index in [0.29, 0.717) is 0 Å². The minimum Gasteiger partial charge on any atom is -0.374 e. The molecule has 0 spiro atoms. The molecule has 1 unspecified atom stereocenters. The van der Waals surface area contributed by atoms with Crippen LogP contribution in [-0.2, 0) is 4.74 Å². The molecule has 3 nitrogen and oxygen atoms in total. The van der Waals surface area contributed by atoms with Gasteiger partial charge in [0.1, 0.15) is 0 Å². The number of nitrogens with two attached hydrogens (primary N) is 1. The molecule has 104 valence electrons. The van der Waals surface area contributed by atoms with E-state index in [4.69, 9.17) is 10.5 Å². The predicted octanol–water partition coefficient (Wildman–Crippen LogP) is 2.54. The van der Waals surface area contributed by atoms with E-state index in [9.17, 15) is 0 Å². The van der Waals surface area contributed by atoms with E-state index >= 15 is 0 Å². The zero-order valence-electron chi connectivity index (χ0n) is 12.8. The first-order chi connectivity index (χ1) is 7.58. The van der Waals surface area contributed by atoms with Crippen molar-refractivity contribution >= 4 is 0 Å². The molecule has 0 radical (unpaired) electrons. The van der Waals surface area contributed by atoms with Gasteiger partial charge in [0.25, 0.3) is 0 Å². The summed E-state index contributed by atoms with van der Waals surface area (Å²) in [6.07, 6.45) is 2.00. The van der Waals surface area contributed by atoms with Crippen LogP contribution in [-0.4, -0.2) is 31.3 Å². The Morgan fingerprint density at radius 3 is 2.00 bits per heavy atom. The monoisotopic (exact) mass is 244 g/mol. The normalized spacial score (nSPS) is 16.9. The van der Waals surface area contributed by atoms with Crippen molar-refractivity contribution in [1.82, 2.24) is 5.32 Å². The fourth-order valence-corrected chi connectivity index (χ4v) is 1.53. The lowest BCUT2D eigenvalue weighted by atomic mass is 9.73. The van der Waals surface area contributed by atoms with Gasteiger partial charge in [-0.25, -0.2) is 0 Å². The third-order valence-corrected chi connectivity index (χ3v) is 4.22. The molecule has 0 saturated carbocycles. The lowest BCUT2D eigenvalue weighted by Gasteiger charge is -2.39. The average Bonchev–Trinajstić information content (AvgIpc) is 2.16. The molecule has 0 aliphatic heterocycles. The summed E-state index contributed by atoms with van der Waals surface area (Å²) in [6, 6.07) is 0. The van der Waals surface area contributed by atoms with Crippen molar-refractivity contribution in [2.75, 3.05) is 20.2 Å². The van der Waals surface area contributed by atoms with Gasteiger partial charge in [0.15, 0.2) is 0 Å². The van der Waals surface area contributed by atoms with Gasteiger partial charge >= 0.3 is 0 Å². The molecule has 0 heterocycles. The van der Waals surface area contributed by atoms with Gasteiger partial charge in [0.2, 0.25) is 0 Å². The Kier molecular flexibility index (Phi) is 6.12. The Balaban J connectivity index is 4.22. The maximum atomic E-state index is 6.19. The summed E-state index contributed by atoms with van der Waals surface area (Å²) >= 11 is 0. The molecular weight excluding hydrogens is 212 g/mol. The highest BCUT2D eigenvalue weighted by Gasteiger charge is 2.33. The van der Waals surface area contributed by atoms with Crippen molar-refractivity contribution < 1.29 is 4.74 Å². The number of ether oxygens (including phenoxy) is 1. The summed E-state index contributed by atoms with van der Waals surface area (Å²) in [5.41, 5.74) is 6.03. The van der Waals surface area contributed by atoms with Crippen molar-refractivity contribution in [3.8, 4) is 0 Å². The molecular formula is C14H32N2O. The average molecular weight is 244 g/mol. The lowest BCUT2D eigenvalue weighted by Crippen LogP contribution is -2.48. The van der Waals surface area contributed by atoms with E-state index in [0.717, 1.165) is 26.0 Å². The van der Waals surface area contributed by atoms with Gasteiger partial charge < -0.3 is 15.8 Å². The number of likely N-dealkylation sites (N-methyl/N-ethyl adjacent to an activating group) is 1. The second kappa shape index (κ2) is 6.17. The van der Waals surface area contributed by atoms with E-state index in [1.165, 1.54) is 0 Å². The molecule has 1 atom stereocenters. The third kappa shape index (κ3) is 5.36. The Bertz CT molecular complexity index is 221. The van der Waals surface area contributed by atoms with Crippen LogP contribution in [0, 0.1) is 5.41 Å². The first-order valence-electron chi connectivity index (χ1n) is 6.65. The van der Waals surface area contributed by atoms with Crippen LogP contribution in [0.3, 0.4) is 0 Å². The van der Waals surface area contributed by atoms with Crippen LogP contribution < -0.4 is 11.1 Å². The van der Waals surface area contributed by atoms with Gasteiger partial charge in [0, 0.05) is 18.7 Å². The van der Waals surface area contributed by atoms with Crippen LogP contribution in [0.25, 0.3) is 0 Å². The molecule has 0 fully saturated rings. The largest absolute Gasteiger partial charge is 0.374 e. The molecule has 0 aromatic carbocycles. The van der Waals surface area contributed by atoms with E-state index in [1.807, 2.05) is 7.05 Å². The molecule has 0 rings (SSSR count). The van der Waals surface area contributed by atoms with Crippen LogP contribution in [0.1, 0.15) is 54.4 Å². The summed E-state index contributed by atoms with van der Waals surface area (Å²) in [5.74, 6) is 0. The lowest BCUT2D eigenvalue weighted by molar-refractivity contribution is -0.0472. The van der Waals surface area contributed by atoms with Gasteiger partial charge in [-0.3, -0.25) is 0 Å². The van der Waals surface area contributed by atoms with Crippen LogP contribution in [0.4, 0.5) is 0 Å². The van der Waals surface area contributed by atoms with Crippen molar-refractivity contribution in [2.45, 2.75) is 65.5 Å². The molecule has 0 amide bonds. The van der Waals surface area contributed by atoms with Crippen molar-refractivity contribution in [1.29, 1.82) is 0 Å². The second-order valence-electron chi connectivity index (χ2n) is 6.54. The quantitative estimate of drug-likeness (QED) is 0.690. The summed E-state index contributed by atoms with van der Waals surface area (Å²) in [6.45, 7) is 14.5. The standard InChI is InChI=1S/C14H32N2O/c1-8-14(6,11-16-7)17-10-9-12(2,3)13(4,5)15/h16H,8-11,15H2,1-7H3. The zero-order chi connectivity index (χ0) is 13.7. The number of hydrogen-bond donors (Lipinski definition) is 2. The van der Waals surface area contributed by atoms with Gasteiger partial charge in [-0.15, -0.1) is 0 Å². The van der Waals surface area contributed by atoms with Crippen LogP contribution in [0.15, 0.2) is 0 Å². The predicted molar refractivity (Wildman–Crippen MR) is 75.2 cm³/mol. The van der Waals surface area contributed by atoms with Crippen molar-refractivity contribution in [3.05, 3.63) is 0 Å². The number of hydrogen-bond acceptors (Lipinski definition) is 3. The molecule has 17 heavy (non-hydrogen) atoms. The minimum atomic E-state index is -0.179. The Morgan fingerprint density at radius 1 is 1.12 bits per heavy atom. The number of rotatable bonds is 8. The first-order valence-corrected chi connectivity index (χ1v) is 6.65. The highest BCUT2D eigenvalue weighted by atomic mass is 16.5. The summed E-state index contributed by atoms with van der Waals surface area (Å²) in [7, 11) is 1.96. The maximum Gasteiger partial charge on any atom is 0.0775 e. The molecule has 0 bridgehead atoms. The SMILES string of the molecule is CCC(C)(CNC)OCCC(C)(C)C(C)(C)N. The van der Waals surface area contributed by atoms with E-state index in [-0.39, 0.29) is 16.6 Å². The molecule has 0 aliphatic carbocycles. The van der Waals surface area contributed by atoms with Crippen LogP contribution in [0.2, 0.25) is 0 Å². The maximum absolute atomic E-state index is 6.19. The Hall–Kier alpha value is -0.120. The molecule has 0 aromatic heterocycles. The Morgan fingerprint density at radius 2 is 1.65 bits per heavy atom. The second-order valence-corrected chi connectivity index (χ2v) is 6.54. The van der Waals surface area contributed by atoms with Gasteiger partial charge in [-0.2, -0.15) is 0 Å².